The lowest BCUT2D eigenvalue weighted by molar-refractivity contribution is 0.124. The molecule has 142 valence electrons. The third-order valence-corrected chi connectivity index (χ3v) is 5.27. The Balaban J connectivity index is 1.59. The van der Waals surface area contributed by atoms with E-state index in [0.717, 1.165) is 18.1 Å². The molecule has 0 radical (unpaired) electrons. The number of ether oxygens (including phenoxy) is 1. The van der Waals surface area contributed by atoms with Crippen molar-refractivity contribution in [2.24, 2.45) is 5.92 Å². The van der Waals surface area contributed by atoms with Gasteiger partial charge in [-0.25, -0.2) is 0 Å². The minimum atomic E-state index is 0.207. The predicted molar refractivity (Wildman–Crippen MR) is 110 cm³/mol. The van der Waals surface area contributed by atoms with Crippen LogP contribution in [0.4, 0.5) is 0 Å². The summed E-state index contributed by atoms with van der Waals surface area (Å²) in [6.45, 7) is 9.25. The number of aryl methyl sites for hydroxylation is 1. The van der Waals surface area contributed by atoms with E-state index in [9.17, 15) is 5.26 Å². The van der Waals surface area contributed by atoms with Crippen molar-refractivity contribution in [3.05, 3.63) is 59.7 Å². The van der Waals surface area contributed by atoms with Crippen molar-refractivity contribution in [3.63, 3.8) is 0 Å². The summed E-state index contributed by atoms with van der Waals surface area (Å²) in [5.41, 5.74) is 2.30. The second-order valence-corrected chi connectivity index (χ2v) is 9.06. The van der Waals surface area contributed by atoms with Crippen LogP contribution in [-0.4, -0.2) is 11.1 Å². The summed E-state index contributed by atoms with van der Waals surface area (Å²) >= 11 is 0. The first kappa shape index (κ1) is 19.5. The molecule has 1 aliphatic rings. The summed E-state index contributed by atoms with van der Waals surface area (Å²) in [5, 5.41) is 12.9. The smallest absolute Gasteiger partial charge is 0.145 e. The molecular weight excluding hydrogens is 332 g/mol. The van der Waals surface area contributed by atoms with Crippen LogP contribution in [0, 0.1) is 17.2 Å². The molecule has 2 aromatic rings. The lowest BCUT2D eigenvalue weighted by atomic mass is 9.74. The van der Waals surface area contributed by atoms with E-state index in [-0.39, 0.29) is 11.1 Å². The van der Waals surface area contributed by atoms with Gasteiger partial charge in [-0.2, -0.15) is 5.26 Å². The Morgan fingerprint density at radius 3 is 2.26 bits per heavy atom. The average molecular weight is 363 g/mol. The number of nitrogens with zero attached hydrogens (tertiary/aromatic N) is 1. The van der Waals surface area contributed by atoms with Gasteiger partial charge >= 0.3 is 0 Å². The Bertz CT molecular complexity index is 799. The van der Waals surface area contributed by atoms with Crippen molar-refractivity contribution >= 4 is 0 Å². The monoisotopic (exact) mass is 362 g/mol. The number of hydrogen-bond donors (Lipinski definition) is 1. The molecule has 3 rings (SSSR count). The van der Waals surface area contributed by atoms with Crippen LogP contribution in [0.1, 0.15) is 58.1 Å². The Morgan fingerprint density at radius 2 is 1.63 bits per heavy atom. The van der Waals surface area contributed by atoms with Crippen LogP contribution in [0.15, 0.2) is 48.5 Å². The standard InChI is InChI=1S/C24H30N2O/c1-23(2)15-19(16-24(3,4)26-23)10-9-18-11-13-21(14-12-18)27-22-8-6-5-7-20(22)17-25/h5-8,11-14,19,26H,9-10,15-16H2,1-4H3. The first-order chi connectivity index (χ1) is 12.8. The summed E-state index contributed by atoms with van der Waals surface area (Å²) in [5.74, 6) is 2.12. The van der Waals surface area contributed by atoms with Crippen molar-refractivity contribution in [2.75, 3.05) is 0 Å². The zero-order valence-electron chi connectivity index (χ0n) is 16.9. The maximum atomic E-state index is 9.17. The van der Waals surface area contributed by atoms with Crippen LogP contribution in [0.2, 0.25) is 0 Å². The van der Waals surface area contributed by atoms with Gasteiger partial charge in [0, 0.05) is 11.1 Å². The number of nitriles is 1. The second-order valence-electron chi connectivity index (χ2n) is 9.06. The Kier molecular flexibility index (Phi) is 5.58. The van der Waals surface area contributed by atoms with E-state index in [4.69, 9.17) is 4.74 Å². The van der Waals surface area contributed by atoms with Gasteiger partial charge in [0.2, 0.25) is 0 Å². The van der Waals surface area contributed by atoms with Crippen LogP contribution in [0.3, 0.4) is 0 Å². The predicted octanol–water partition coefficient (Wildman–Crippen LogP) is 5.84. The minimum absolute atomic E-state index is 0.207. The van der Waals surface area contributed by atoms with Crippen molar-refractivity contribution in [3.8, 4) is 17.6 Å². The van der Waals surface area contributed by atoms with Crippen LogP contribution < -0.4 is 10.1 Å². The van der Waals surface area contributed by atoms with Crippen LogP contribution in [0.25, 0.3) is 0 Å². The van der Waals surface area contributed by atoms with Gasteiger partial charge < -0.3 is 10.1 Å². The van der Waals surface area contributed by atoms with E-state index in [0.29, 0.717) is 11.3 Å². The Labute approximate surface area is 163 Å². The molecule has 0 aliphatic carbocycles. The maximum Gasteiger partial charge on any atom is 0.145 e. The molecule has 0 saturated carbocycles. The molecule has 3 heteroatoms. The summed E-state index contributed by atoms with van der Waals surface area (Å²) in [7, 11) is 0. The minimum Gasteiger partial charge on any atom is -0.456 e. The van der Waals surface area contributed by atoms with Gasteiger partial charge in [-0.3, -0.25) is 0 Å². The van der Waals surface area contributed by atoms with E-state index < -0.39 is 0 Å². The van der Waals surface area contributed by atoms with E-state index in [1.807, 2.05) is 30.3 Å². The third kappa shape index (κ3) is 5.34. The number of hydrogen-bond acceptors (Lipinski definition) is 3. The largest absolute Gasteiger partial charge is 0.456 e. The number of rotatable bonds is 5. The molecule has 0 spiro atoms. The molecule has 0 bridgehead atoms. The molecule has 0 unspecified atom stereocenters. The highest BCUT2D eigenvalue weighted by Gasteiger charge is 2.37. The molecule has 0 amide bonds. The zero-order valence-corrected chi connectivity index (χ0v) is 16.9. The molecule has 27 heavy (non-hydrogen) atoms. The Hall–Kier alpha value is -2.31. The average Bonchev–Trinajstić information content (AvgIpc) is 2.59. The van der Waals surface area contributed by atoms with Crippen molar-refractivity contribution in [1.82, 2.24) is 5.32 Å². The first-order valence-electron chi connectivity index (χ1n) is 9.82. The molecule has 1 saturated heterocycles. The molecule has 1 N–H and O–H groups in total. The highest BCUT2D eigenvalue weighted by Crippen LogP contribution is 2.35. The van der Waals surface area contributed by atoms with E-state index in [2.05, 4.69) is 51.2 Å². The molecule has 3 nitrogen and oxygen atoms in total. The molecule has 1 heterocycles. The van der Waals surface area contributed by atoms with Gasteiger partial charge in [-0.05, 0) is 89.1 Å². The van der Waals surface area contributed by atoms with Crippen molar-refractivity contribution in [1.29, 1.82) is 5.26 Å². The van der Waals surface area contributed by atoms with E-state index in [1.165, 1.54) is 24.8 Å². The fourth-order valence-corrected chi connectivity index (χ4v) is 4.61. The summed E-state index contributed by atoms with van der Waals surface area (Å²) in [6, 6.07) is 17.8. The fraction of sp³-hybridized carbons (Fsp3) is 0.458. The Morgan fingerprint density at radius 1 is 1.00 bits per heavy atom. The summed E-state index contributed by atoms with van der Waals surface area (Å²) in [6.07, 6.45) is 4.75. The topological polar surface area (TPSA) is 45.0 Å². The first-order valence-corrected chi connectivity index (χ1v) is 9.82. The SMILES string of the molecule is CC1(C)CC(CCc2ccc(Oc3ccccc3C#N)cc2)CC(C)(C)N1. The van der Waals surface area contributed by atoms with Gasteiger partial charge in [0.05, 0.1) is 5.56 Å². The third-order valence-electron chi connectivity index (χ3n) is 5.27. The molecule has 0 atom stereocenters. The zero-order chi connectivity index (χ0) is 19.5. The number of para-hydroxylation sites is 1. The van der Waals surface area contributed by atoms with Gasteiger partial charge in [0.25, 0.3) is 0 Å². The van der Waals surface area contributed by atoms with Crippen LogP contribution in [0.5, 0.6) is 11.5 Å². The highest BCUT2D eigenvalue weighted by atomic mass is 16.5. The lowest BCUT2D eigenvalue weighted by Crippen LogP contribution is -2.57. The summed E-state index contributed by atoms with van der Waals surface area (Å²) in [4.78, 5) is 0. The van der Waals surface area contributed by atoms with Crippen LogP contribution in [-0.2, 0) is 6.42 Å². The highest BCUT2D eigenvalue weighted by molar-refractivity contribution is 5.45. The second kappa shape index (κ2) is 7.74. The molecule has 1 fully saturated rings. The molecule has 1 aliphatic heterocycles. The normalized spacial score (nSPS) is 18.6. The van der Waals surface area contributed by atoms with Crippen LogP contribution >= 0.6 is 0 Å². The van der Waals surface area contributed by atoms with Gasteiger partial charge in [0.1, 0.15) is 17.6 Å². The van der Waals surface area contributed by atoms with Gasteiger partial charge in [0.15, 0.2) is 0 Å². The number of piperidine rings is 1. The molecule has 0 aromatic heterocycles. The number of benzene rings is 2. The van der Waals surface area contributed by atoms with Crippen molar-refractivity contribution in [2.45, 2.75) is 64.5 Å². The fourth-order valence-electron chi connectivity index (χ4n) is 4.61. The summed E-state index contributed by atoms with van der Waals surface area (Å²) < 4.78 is 5.87. The molecule has 2 aromatic carbocycles. The van der Waals surface area contributed by atoms with Crippen molar-refractivity contribution < 1.29 is 4.74 Å². The van der Waals surface area contributed by atoms with E-state index in [1.54, 1.807) is 6.07 Å². The molecular formula is C24H30N2O. The number of nitrogens with one attached hydrogen (secondary N) is 1. The van der Waals surface area contributed by atoms with E-state index >= 15 is 0 Å². The van der Waals surface area contributed by atoms with Gasteiger partial charge in [-0.15, -0.1) is 0 Å². The lowest BCUT2D eigenvalue weighted by Gasteiger charge is -2.46. The quantitative estimate of drug-likeness (QED) is 0.727. The maximum absolute atomic E-state index is 9.17. The van der Waals surface area contributed by atoms with Gasteiger partial charge in [-0.1, -0.05) is 24.3 Å².